The van der Waals surface area contributed by atoms with Crippen molar-refractivity contribution in [1.29, 1.82) is 0 Å². The molecule has 1 aromatic rings. The van der Waals surface area contributed by atoms with Gasteiger partial charge in [0, 0.05) is 17.9 Å². The van der Waals surface area contributed by atoms with E-state index in [4.69, 9.17) is 4.42 Å². The lowest BCUT2D eigenvalue weighted by Gasteiger charge is -2.36. The van der Waals surface area contributed by atoms with E-state index in [9.17, 15) is 14.7 Å². The van der Waals surface area contributed by atoms with Crippen LogP contribution in [0.3, 0.4) is 0 Å². The van der Waals surface area contributed by atoms with Crippen LogP contribution in [0.2, 0.25) is 0 Å². The lowest BCUT2D eigenvalue weighted by Crippen LogP contribution is -2.40. The highest BCUT2D eigenvalue weighted by atomic mass is 16.4. The molecule has 1 heterocycles. The Labute approximate surface area is 142 Å². The Hall–Kier alpha value is -1.78. The quantitative estimate of drug-likeness (QED) is 0.885. The summed E-state index contributed by atoms with van der Waals surface area (Å²) in [5.41, 5.74) is 1.16. The van der Waals surface area contributed by atoms with Gasteiger partial charge in [-0.15, -0.1) is 0 Å². The first kappa shape index (κ1) is 17.1. The lowest BCUT2D eigenvalue weighted by molar-refractivity contribution is -0.144. The third kappa shape index (κ3) is 3.50. The van der Waals surface area contributed by atoms with Gasteiger partial charge >= 0.3 is 5.97 Å². The molecule has 2 aliphatic rings. The molecule has 5 nitrogen and oxygen atoms in total. The molecular weight excluding hydrogens is 306 g/mol. The molecule has 5 heteroatoms. The van der Waals surface area contributed by atoms with E-state index in [1.807, 2.05) is 13.0 Å². The molecule has 3 rings (SSSR count). The first-order valence-corrected chi connectivity index (χ1v) is 8.87. The molecule has 1 aromatic heterocycles. The zero-order valence-corrected chi connectivity index (χ0v) is 14.7. The summed E-state index contributed by atoms with van der Waals surface area (Å²) >= 11 is 0. The topological polar surface area (TPSA) is 79.5 Å². The number of rotatable bonds is 3. The Morgan fingerprint density at radius 3 is 2.71 bits per heavy atom. The van der Waals surface area contributed by atoms with Crippen LogP contribution in [0, 0.1) is 24.2 Å². The molecule has 2 N–H and O–H groups in total. The van der Waals surface area contributed by atoms with Gasteiger partial charge < -0.3 is 14.8 Å². The number of nitrogens with one attached hydrogen (secondary N) is 1. The lowest BCUT2D eigenvalue weighted by atomic mass is 9.74. The van der Waals surface area contributed by atoms with Gasteiger partial charge in [-0.25, -0.2) is 0 Å². The Balaban J connectivity index is 1.73. The average molecular weight is 333 g/mol. The van der Waals surface area contributed by atoms with Crippen LogP contribution < -0.4 is 5.32 Å². The summed E-state index contributed by atoms with van der Waals surface area (Å²) in [5, 5.41) is 12.4. The molecule has 132 valence electrons. The van der Waals surface area contributed by atoms with Gasteiger partial charge in [-0.05, 0) is 44.1 Å². The van der Waals surface area contributed by atoms with Crippen LogP contribution >= 0.6 is 0 Å². The zero-order valence-electron chi connectivity index (χ0n) is 14.7. The molecule has 0 radical (unpaired) electrons. The number of furan rings is 1. The Morgan fingerprint density at radius 2 is 2.00 bits per heavy atom. The SMILES string of the molecule is Cc1cc2c(o1)CC(C)(C)CC2NC(=O)C1CCCC(C(=O)O)C1. The van der Waals surface area contributed by atoms with Crippen LogP contribution in [0.5, 0.6) is 0 Å². The number of carboxylic acid groups (broad SMARTS) is 1. The Kier molecular flexibility index (Phi) is 4.45. The van der Waals surface area contributed by atoms with Crippen molar-refractivity contribution in [2.75, 3.05) is 0 Å². The predicted molar refractivity (Wildman–Crippen MR) is 89.5 cm³/mol. The molecule has 3 atom stereocenters. The molecule has 1 saturated carbocycles. The second-order valence-corrected chi connectivity index (χ2v) is 8.24. The van der Waals surface area contributed by atoms with E-state index < -0.39 is 5.97 Å². The number of amides is 1. The summed E-state index contributed by atoms with van der Waals surface area (Å²) in [6, 6.07) is 1.98. The van der Waals surface area contributed by atoms with E-state index >= 15 is 0 Å². The molecule has 24 heavy (non-hydrogen) atoms. The van der Waals surface area contributed by atoms with Crippen LogP contribution in [0.15, 0.2) is 10.5 Å². The monoisotopic (exact) mass is 333 g/mol. The van der Waals surface area contributed by atoms with Crippen LogP contribution in [0.1, 0.15) is 69.1 Å². The van der Waals surface area contributed by atoms with Gasteiger partial charge in [0.2, 0.25) is 5.91 Å². The first-order chi connectivity index (χ1) is 11.2. The smallest absolute Gasteiger partial charge is 0.306 e. The summed E-state index contributed by atoms with van der Waals surface area (Å²) in [6.45, 7) is 6.31. The van der Waals surface area contributed by atoms with Gasteiger partial charge in [0.15, 0.2) is 0 Å². The highest BCUT2D eigenvalue weighted by Crippen LogP contribution is 2.42. The fraction of sp³-hybridized carbons (Fsp3) is 0.684. The number of fused-ring (bicyclic) bond motifs is 1. The summed E-state index contributed by atoms with van der Waals surface area (Å²) in [7, 11) is 0. The van der Waals surface area contributed by atoms with Crippen molar-refractivity contribution in [2.45, 2.75) is 65.3 Å². The highest BCUT2D eigenvalue weighted by molar-refractivity contribution is 5.80. The van der Waals surface area contributed by atoms with Crippen LogP contribution in [-0.2, 0) is 16.0 Å². The highest BCUT2D eigenvalue weighted by Gasteiger charge is 2.37. The minimum atomic E-state index is -0.779. The van der Waals surface area contributed by atoms with Crippen LogP contribution in [0.4, 0.5) is 0 Å². The van der Waals surface area contributed by atoms with Gasteiger partial charge in [0.05, 0.1) is 12.0 Å². The molecular formula is C19H27NO4. The minimum Gasteiger partial charge on any atom is -0.481 e. The predicted octanol–water partition coefficient (Wildman–Crippen LogP) is 3.61. The Bertz CT molecular complexity index is 646. The number of hydrogen-bond acceptors (Lipinski definition) is 3. The second kappa shape index (κ2) is 6.26. The van der Waals surface area contributed by atoms with Crippen molar-refractivity contribution in [3.05, 3.63) is 23.2 Å². The normalized spacial score (nSPS) is 28.9. The fourth-order valence-electron chi connectivity index (χ4n) is 4.26. The number of carbonyl (C=O) groups excluding carboxylic acids is 1. The van der Waals surface area contributed by atoms with E-state index in [0.717, 1.165) is 42.8 Å². The molecule has 0 spiro atoms. The van der Waals surface area contributed by atoms with E-state index in [1.165, 1.54) is 0 Å². The van der Waals surface area contributed by atoms with Gasteiger partial charge in [-0.2, -0.15) is 0 Å². The number of hydrogen-bond donors (Lipinski definition) is 2. The molecule has 2 aliphatic carbocycles. The molecule has 1 amide bonds. The maximum Gasteiger partial charge on any atom is 0.306 e. The number of aryl methyl sites for hydroxylation is 1. The molecule has 0 bridgehead atoms. The molecule has 0 aliphatic heterocycles. The second-order valence-electron chi connectivity index (χ2n) is 8.24. The minimum absolute atomic E-state index is 0.00606. The zero-order chi connectivity index (χ0) is 17.5. The molecule has 1 fully saturated rings. The summed E-state index contributed by atoms with van der Waals surface area (Å²) in [5.74, 6) is 0.486. The van der Waals surface area contributed by atoms with Crippen molar-refractivity contribution >= 4 is 11.9 Å². The van der Waals surface area contributed by atoms with E-state index in [-0.39, 0.29) is 29.2 Å². The van der Waals surface area contributed by atoms with Crippen molar-refractivity contribution in [1.82, 2.24) is 5.32 Å². The van der Waals surface area contributed by atoms with Crippen molar-refractivity contribution < 1.29 is 19.1 Å². The third-order valence-electron chi connectivity index (χ3n) is 5.45. The van der Waals surface area contributed by atoms with Crippen LogP contribution in [0.25, 0.3) is 0 Å². The fourth-order valence-corrected chi connectivity index (χ4v) is 4.26. The van der Waals surface area contributed by atoms with Crippen molar-refractivity contribution in [2.24, 2.45) is 17.3 Å². The van der Waals surface area contributed by atoms with Crippen molar-refractivity contribution in [3.8, 4) is 0 Å². The number of carboxylic acids is 1. The van der Waals surface area contributed by atoms with E-state index in [0.29, 0.717) is 12.8 Å². The average Bonchev–Trinajstić information content (AvgIpc) is 2.86. The van der Waals surface area contributed by atoms with Crippen LogP contribution in [-0.4, -0.2) is 17.0 Å². The molecule has 0 saturated heterocycles. The van der Waals surface area contributed by atoms with Gasteiger partial charge in [0.25, 0.3) is 0 Å². The standard InChI is InChI=1S/C19H27NO4/c1-11-7-14-15(9-19(2,3)10-16(14)24-11)20-17(21)12-5-4-6-13(8-12)18(22)23/h7,12-13,15H,4-6,8-10H2,1-3H3,(H,20,21)(H,22,23). The first-order valence-electron chi connectivity index (χ1n) is 8.87. The van der Waals surface area contributed by atoms with E-state index in [2.05, 4.69) is 19.2 Å². The maximum absolute atomic E-state index is 12.7. The maximum atomic E-state index is 12.7. The Morgan fingerprint density at radius 1 is 1.29 bits per heavy atom. The van der Waals surface area contributed by atoms with Gasteiger partial charge in [0.1, 0.15) is 11.5 Å². The third-order valence-corrected chi connectivity index (χ3v) is 5.45. The summed E-state index contributed by atoms with van der Waals surface area (Å²) < 4.78 is 5.82. The van der Waals surface area contributed by atoms with Crippen molar-refractivity contribution in [3.63, 3.8) is 0 Å². The molecule has 0 aromatic carbocycles. The number of aliphatic carboxylic acids is 1. The largest absolute Gasteiger partial charge is 0.481 e. The summed E-state index contributed by atoms with van der Waals surface area (Å²) in [4.78, 5) is 23.9. The van der Waals surface area contributed by atoms with Gasteiger partial charge in [-0.3, -0.25) is 9.59 Å². The summed E-state index contributed by atoms with van der Waals surface area (Å²) in [6.07, 6.45) is 4.48. The van der Waals surface area contributed by atoms with Gasteiger partial charge in [-0.1, -0.05) is 20.3 Å². The van der Waals surface area contributed by atoms with E-state index in [1.54, 1.807) is 0 Å². The number of carbonyl (C=O) groups is 2. The molecule has 3 unspecified atom stereocenters.